The van der Waals surface area contributed by atoms with Gasteiger partial charge in [0.05, 0.1) is 12.3 Å². The Morgan fingerprint density at radius 3 is 2.55 bits per heavy atom. The number of amides is 2. The molecule has 8 heteroatoms. The van der Waals surface area contributed by atoms with Crippen LogP contribution in [0.25, 0.3) is 0 Å². The summed E-state index contributed by atoms with van der Waals surface area (Å²) in [5, 5.41) is 13.4. The number of halogens is 3. The summed E-state index contributed by atoms with van der Waals surface area (Å²) in [6, 6.07) is 0.490. The lowest BCUT2D eigenvalue weighted by Gasteiger charge is -2.21. The number of carbonyl (C=O) groups excluding carboxylic acids is 1. The minimum absolute atomic E-state index is 0.137. The van der Waals surface area contributed by atoms with Crippen molar-refractivity contribution < 1.29 is 23.1 Å². The molecule has 4 nitrogen and oxygen atoms in total. The normalized spacial score (nSPS) is 13.7. The lowest BCUT2D eigenvalue weighted by molar-refractivity contribution is 0.243. The minimum Gasteiger partial charge on any atom is -0.395 e. The summed E-state index contributed by atoms with van der Waals surface area (Å²) < 4.78 is 39.1. The van der Waals surface area contributed by atoms with Crippen molar-refractivity contribution in [1.82, 2.24) is 5.32 Å². The fourth-order valence-electron chi connectivity index (χ4n) is 1.52. The average Bonchev–Trinajstić information content (AvgIpc) is 2.41. The van der Waals surface area contributed by atoms with Crippen LogP contribution in [-0.4, -0.2) is 35.3 Å². The quantitative estimate of drug-likeness (QED) is 0.732. The van der Waals surface area contributed by atoms with Crippen LogP contribution in [0.1, 0.15) is 6.92 Å². The molecule has 0 aliphatic carbocycles. The Morgan fingerprint density at radius 2 is 2.00 bits per heavy atom. The summed E-state index contributed by atoms with van der Waals surface area (Å²) in [6.45, 7) is 1.53. The molecule has 0 saturated carbocycles. The maximum Gasteiger partial charge on any atom is 0.319 e. The van der Waals surface area contributed by atoms with Crippen LogP contribution >= 0.6 is 11.8 Å². The molecule has 112 valence electrons. The predicted molar refractivity (Wildman–Crippen MR) is 72.3 cm³/mol. The third-order valence-electron chi connectivity index (χ3n) is 2.68. The van der Waals surface area contributed by atoms with E-state index in [4.69, 9.17) is 5.11 Å². The van der Waals surface area contributed by atoms with E-state index in [0.29, 0.717) is 0 Å². The van der Waals surface area contributed by atoms with Crippen LogP contribution < -0.4 is 10.6 Å². The van der Waals surface area contributed by atoms with Crippen LogP contribution in [0.15, 0.2) is 12.1 Å². The summed E-state index contributed by atoms with van der Waals surface area (Å²) >= 11 is 1.36. The van der Waals surface area contributed by atoms with Crippen molar-refractivity contribution in [1.29, 1.82) is 0 Å². The third-order valence-corrected chi connectivity index (χ3v) is 3.85. The van der Waals surface area contributed by atoms with Crippen molar-refractivity contribution in [2.24, 2.45) is 0 Å². The molecule has 2 unspecified atom stereocenters. The predicted octanol–water partition coefficient (Wildman–Crippen LogP) is 2.34. The molecule has 1 aromatic carbocycles. The number of rotatable bonds is 5. The summed E-state index contributed by atoms with van der Waals surface area (Å²) in [5.41, 5.74) is -0.460. The van der Waals surface area contributed by atoms with Crippen LogP contribution in [-0.2, 0) is 0 Å². The molecule has 2 amide bonds. The molecule has 0 saturated heterocycles. The standard InChI is InChI=1S/C12H15F3N2O2S/c1-6(9(5-18)20-2)16-12(19)17-8-4-3-7(13)10(14)11(8)15/h3-4,6,9,18H,5H2,1-2H3,(H2,16,17,19). The molecule has 1 aromatic rings. The average molecular weight is 308 g/mol. The van der Waals surface area contributed by atoms with E-state index in [2.05, 4.69) is 10.6 Å². The van der Waals surface area contributed by atoms with E-state index in [9.17, 15) is 18.0 Å². The number of thioether (sulfide) groups is 1. The molecule has 2 atom stereocenters. The second-order valence-electron chi connectivity index (χ2n) is 4.07. The second kappa shape index (κ2) is 7.39. The van der Waals surface area contributed by atoms with E-state index in [1.807, 2.05) is 0 Å². The lowest BCUT2D eigenvalue weighted by Crippen LogP contribution is -2.43. The SMILES string of the molecule is CSC(CO)C(C)NC(=O)Nc1ccc(F)c(F)c1F. The van der Waals surface area contributed by atoms with Crippen LogP contribution in [0.5, 0.6) is 0 Å². The van der Waals surface area contributed by atoms with Gasteiger partial charge in [-0.1, -0.05) is 0 Å². The Kier molecular flexibility index (Phi) is 6.15. The Bertz CT molecular complexity index is 484. The minimum atomic E-state index is -1.65. The highest BCUT2D eigenvalue weighted by atomic mass is 32.2. The van der Waals surface area contributed by atoms with E-state index >= 15 is 0 Å². The van der Waals surface area contributed by atoms with E-state index < -0.39 is 29.2 Å². The van der Waals surface area contributed by atoms with E-state index in [0.717, 1.165) is 12.1 Å². The molecule has 0 heterocycles. The smallest absolute Gasteiger partial charge is 0.319 e. The highest BCUT2D eigenvalue weighted by Crippen LogP contribution is 2.19. The van der Waals surface area contributed by atoms with Crippen molar-refractivity contribution in [2.75, 3.05) is 18.2 Å². The van der Waals surface area contributed by atoms with Crippen LogP contribution in [0.3, 0.4) is 0 Å². The lowest BCUT2D eigenvalue weighted by atomic mass is 10.2. The first kappa shape index (κ1) is 16.6. The first-order chi connectivity index (χ1) is 9.40. The van der Waals surface area contributed by atoms with E-state index in [1.165, 1.54) is 11.8 Å². The monoisotopic (exact) mass is 308 g/mol. The van der Waals surface area contributed by atoms with Crippen molar-refractivity contribution in [2.45, 2.75) is 18.2 Å². The zero-order valence-corrected chi connectivity index (χ0v) is 11.7. The van der Waals surface area contributed by atoms with Crippen LogP contribution in [0.2, 0.25) is 0 Å². The summed E-state index contributed by atoms with van der Waals surface area (Å²) in [6.07, 6.45) is 1.77. The number of aliphatic hydroxyl groups excluding tert-OH is 1. The molecule has 0 bridgehead atoms. The number of carbonyl (C=O) groups is 1. The molecule has 20 heavy (non-hydrogen) atoms. The van der Waals surface area contributed by atoms with Gasteiger partial charge in [0.25, 0.3) is 0 Å². The number of benzene rings is 1. The molecular weight excluding hydrogens is 293 g/mol. The van der Waals surface area contributed by atoms with Crippen molar-refractivity contribution in [3.63, 3.8) is 0 Å². The van der Waals surface area contributed by atoms with Gasteiger partial charge < -0.3 is 15.7 Å². The third kappa shape index (κ3) is 4.04. The Labute approximate surface area is 118 Å². The molecule has 1 rings (SSSR count). The van der Waals surface area contributed by atoms with Crippen LogP contribution in [0.4, 0.5) is 23.7 Å². The van der Waals surface area contributed by atoms with Crippen molar-refractivity contribution in [3.8, 4) is 0 Å². The number of nitrogens with one attached hydrogen (secondary N) is 2. The fraction of sp³-hybridized carbons (Fsp3) is 0.417. The van der Waals surface area contributed by atoms with Gasteiger partial charge in [-0.2, -0.15) is 11.8 Å². The van der Waals surface area contributed by atoms with Gasteiger partial charge >= 0.3 is 6.03 Å². The Morgan fingerprint density at radius 1 is 1.35 bits per heavy atom. The highest BCUT2D eigenvalue weighted by Gasteiger charge is 2.19. The summed E-state index contributed by atoms with van der Waals surface area (Å²) in [7, 11) is 0. The maximum absolute atomic E-state index is 13.3. The molecule has 0 fully saturated rings. The van der Waals surface area contributed by atoms with Gasteiger partial charge in [0, 0.05) is 11.3 Å². The number of hydrogen-bond acceptors (Lipinski definition) is 3. The van der Waals surface area contributed by atoms with Crippen LogP contribution in [0, 0.1) is 17.5 Å². The molecular formula is C12H15F3N2O2S. The van der Waals surface area contributed by atoms with Gasteiger partial charge in [0.2, 0.25) is 0 Å². The maximum atomic E-state index is 13.3. The van der Waals surface area contributed by atoms with Gasteiger partial charge in [0.15, 0.2) is 17.5 Å². The highest BCUT2D eigenvalue weighted by molar-refractivity contribution is 7.99. The number of hydrogen-bond donors (Lipinski definition) is 3. The zero-order chi connectivity index (χ0) is 15.3. The first-order valence-electron chi connectivity index (χ1n) is 5.75. The Hall–Kier alpha value is -1.41. The summed E-state index contributed by atoms with van der Waals surface area (Å²) in [5.74, 6) is -4.44. The Balaban J connectivity index is 2.70. The largest absolute Gasteiger partial charge is 0.395 e. The number of urea groups is 1. The molecule has 0 aromatic heterocycles. The van der Waals surface area contributed by atoms with Gasteiger partial charge in [-0.05, 0) is 25.3 Å². The van der Waals surface area contributed by atoms with Crippen molar-refractivity contribution in [3.05, 3.63) is 29.6 Å². The molecule has 0 aliphatic heterocycles. The van der Waals surface area contributed by atoms with Gasteiger partial charge in [-0.15, -0.1) is 0 Å². The van der Waals surface area contributed by atoms with Gasteiger partial charge in [-0.3, -0.25) is 0 Å². The molecule has 0 radical (unpaired) electrons. The molecule has 0 spiro atoms. The molecule has 3 N–H and O–H groups in total. The summed E-state index contributed by atoms with van der Waals surface area (Å²) in [4.78, 5) is 11.6. The van der Waals surface area contributed by atoms with Crippen molar-refractivity contribution >= 4 is 23.5 Å². The first-order valence-corrected chi connectivity index (χ1v) is 7.04. The fourth-order valence-corrected chi connectivity index (χ4v) is 2.14. The van der Waals surface area contributed by atoms with Gasteiger partial charge in [0.1, 0.15) is 0 Å². The zero-order valence-electron chi connectivity index (χ0n) is 10.9. The number of anilines is 1. The molecule has 0 aliphatic rings. The number of aliphatic hydroxyl groups is 1. The van der Waals surface area contributed by atoms with E-state index in [1.54, 1.807) is 13.2 Å². The second-order valence-corrected chi connectivity index (χ2v) is 5.14. The topological polar surface area (TPSA) is 61.4 Å². The van der Waals surface area contributed by atoms with E-state index in [-0.39, 0.29) is 17.9 Å². The van der Waals surface area contributed by atoms with Gasteiger partial charge in [-0.25, -0.2) is 18.0 Å².